The first-order valence-corrected chi connectivity index (χ1v) is 8.38. The predicted molar refractivity (Wildman–Crippen MR) is 82.2 cm³/mol. The number of benzene rings is 1. The first kappa shape index (κ1) is 16.4. The molecule has 8 heteroatoms. The maximum atomic E-state index is 12.4. The smallest absolute Gasteiger partial charge is 0.427 e. The topological polar surface area (TPSA) is 88.1 Å². The van der Waals surface area contributed by atoms with Crippen LogP contribution in [-0.4, -0.2) is 44.7 Å². The fourth-order valence-corrected chi connectivity index (χ4v) is 3.70. The van der Waals surface area contributed by atoms with E-state index in [4.69, 9.17) is 0 Å². The Morgan fingerprint density at radius 3 is 2.36 bits per heavy atom. The average Bonchev–Trinajstić information content (AvgIpc) is 3.07. The van der Waals surface area contributed by atoms with Gasteiger partial charge in [0.15, 0.2) is 0 Å². The molecule has 22 heavy (non-hydrogen) atoms. The van der Waals surface area contributed by atoms with E-state index >= 15 is 0 Å². The van der Waals surface area contributed by atoms with Gasteiger partial charge in [-0.2, -0.15) is 9.41 Å². The summed E-state index contributed by atoms with van der Waals surface area (Å²) >= 11 is 0. The van der Waals surface area contributed by atoms with Crippen molar-refractivity contribution in [3.63, 3.8) is 0 Å². The van der Waals surface area contributed by atoms with E-state index in [9.17, 15) is 13.2 Å². The molecule has 7 nitrogen and oxygen atoms in total. The van der Waals surface area contributed by atoms with Crippen LogP contribution < -0.4 is 5.43 Å². The maximum absolute atomic E-state index is 12.4. The number of methoxy groups -OCH3 is 1. The molecule has 0 atom stereocenters. The van der Waals surface area contributed by atoms with Gasteiger partial charge < -0.3 is 4.74 Å². The summed E-state index contributed by atoms with van der Waals surface area (Å²) < 4.78 is 30.7. The Morgan fingerprint density at radius 1 is 1.23 bits per heavy atom. The number of hydrogen-bond acceptors (Lipinski definition) is 5. The van der Waals surface area contributed by atoms with Crippen LogP contribution in [0, 0.1) is 0 Å². The van der Waals surface area contributed by atoms with Crippen molar-refractivity contribution in [1.82, 2.24) is 9.73 Å². The molecule has 0 spiro atoms. The van der Waals surface area contributed by atoms with E-state index in [1.54, 1.807) is 31.2 Å². The number of ether oxygens (including phenoxy) is 1. The van der Waals surface area contributed by atoms with Gasteiger partial charge in [-0.1, -0.05) is 12.1 Å². The molecular formula is C14H19N3O4S. The molecule has 0 radical (unpaired) electrons. The van der Waals surface area contributed by atoms with Crippen LogP contribution in [0.1, 0.15) is 25.3 Å². The normalized spacial score (nSPS) is 16.5. The first-order chi connectivity index (χ1) is 10.4. The molecule has 0 saturated carbocycles. The lowest BCUT2D eigenvalue weighted by molar-refractivity contribution is 0.171. The number of carbonyl (C=O) groups is 1. The van der Waals surface area contributed by atoms with Gasteiger partial charge in [-0.15, -0.1) is 0 Å². The molecule has 1 aliphatic heterocycles. The second kappa shape index (κ2) is 6.89. The quantitative estimate of drug-likeness (QED) is 0.672. The van der Waals surface area contributed by atoms with Crippen molar-refractivity contribution < 1.29 is 17.9 Å². The van der Waals surface area contributed by atoms with E-state index in [0.29, 0.717) is 18.8 Å². The highest BCUT2D eigenvalue weighted by Gasteiger charge is 2.26. The molecule has 2 rings (SSSR count). The Morgan fingerprint density at radius 2 is 1.82 bits per heavy atom. The number of hydrogen-bond donors (Lipinski definition) is 1. The molecule has 1 N–H and O–H groups in total. The number of nitrogens with one attached hydrogen (secondary N) is 1. The number of nitrogens with zero attached hydrogens (tertiary/aromatic N) is 2. The van der Waals surface area contributed by atoms with Gasteiger partial charge >= 0.3 is 6.09 Å². The molecular weight excluding hydrogens is 306 g/mol. The number of hydrazone groups is 1. The van der Waals surface area contributed by atoms with Crippen LogP contribution >= 0.6 is 0 Å². The largest absolute Gasteiger partial charge is 0.452 e. The zero-order chi connectivity index (χ0) is 16.2. The van der Waals surface area contributed by atoms with Crippen molar-refractivity contribution in [2.75, 3.05) is 20.2 Å². The van der Waals surface area contributed by atoms with E-state index in [0.717, 1.165) is 18.4 Å². The van der Waals surface area contributed by atoms with Crippen molar-refractivity contribution >= 4 is 21.8 Å². The molecule has 1 fully saturated rings. The first-order valence-electron chi connectivity index (χ1n) is 6.94. The zero-order valence-electron chi connectivity index (χ0n) is 12.6. The summed E-state index contributed by atoms with van der Waals surface area (Å²) in [6.45, 7) is 2.86. The van der Waals surface area contributed by atoms with Crippen molar-refractivity contribution in [1.29, 1.82) is 0 Å². The third-order valence-electron chi connectivity index (χ3n) is 3.48. The SMILES string of the molecule is COC(=O)N/N=C(/C)c1ccc(S(=O)(=O)N2CCCC2)cc1. The average molecular weight is 325 g/mol. The molecule has 0 aliphatic carbocycles. The minimum atomic E-state index is -3.41. The highest BCUT2D eigenvalue weighted by atomic mass is 32.2. The Labute approximate surface area is 130 Å². The molecule has 120 valence electrons. The molecule has 0 aromatic heterocycles. The summed E-state index contributed by atoms with van der Waals surface area (Å²) in [7, 11) is -2.16. The van der Waals surface area contributed by atoms with Crippen LogP contribution in [0.15, 0.2) is 34.3 Å². The molecule has 1 aromatic rings. The molecule has 0 bridgehead atoms. The molecule has 1 saturated heterocycles. The monoisotopic (exact) mass is 325 g/mol. The third-order valence-corrected chi connectivity index (χ3v) is 5.39. The van der Waals surface area contributed by atoms with E-state index in [2.05, 4.69) is 15.3 Å². The van der Waals surface area contributed by atoms with E-state index in [1.807, 2.05) is 0 Å². The Hall–Kier alpha value is -1.93. The standard InChI is InChI=1S/C14H19N3O4S/c1-11(15-16-14(18)21-2)12-5-7-13(8-6-12)22(19,20)17-9-3-4-10-17/h5-8H,3-4,9-10H2,1-2H3,(H,16,18)/b15-11-. The van der Waals surface area contributed by atoms with Gasteiger partial charge in [0.25, 0.3) is 0 Å². The maximum Gasteiger partial charge on any atom is 0.427 e. The number of sulfonamides is 1. The second-order valence-corrected chi connectivity index (χ2v) is 6.87. The van der Waals surface area contributed by atoms with Crippen LogP contribution in [0.25, 0.3) is 0 Å². The van der Waals surface area contributed by atoms with Gasteiger partial charge in [0.05, 0.1) is 17.7 Å². The van der Waals surface area contributed by atoms with E-state index in [-0.39, 0.29) is 4.90 Å². The van der Waals surface area contributed by atoms with Crippen molar-refractivity contribution in [2.24, 2.45) is 5.10 Å². The van der Waals surface area contributed by atoms with Crippen LogP contribution in [0.3, 0.4) is 0 Å². The summed E-state index contributed by atoms with van der Waals surface area (Å²) in [6.07, 6.45) is 1.15. The van der Waals surface area contributed by atoms with Gasteiger partial charge in [0.2, 0.25) is 10.0 Å². The summed E-state index contributed by atoms with van der Waals surface area (Å²) in [4.78, 5) is 11.2. The zero-order valence-corrected chi connectivity index (χ0v) is 13.4. The lowest BCUT2D eigenvalue weighted by atomic mass is 10.1. The van der Waals surface area contributed by atoms with Gasteiger partial charge in [0.1, 0.15) is 0 Å². The molecule has 1 aliphatic rings. The highest BCUT2D eigenvalue weighted by molar-refractivity contribution is 7.89. The number of carbonyl (C=O) groups excluding carboxylic acids is 1. The summed E-state index contributed by atoms with van der Waals surface area (Å²) in [5, 5.41) is 3.87. The molecule has 1 heterocycles. The summed E-state index contributed by atoms with van der Waals surface area (Å²) in [6, 6.07) is 6.45. The lowest BCUT2D eigenvalue weighted by Gasteiger charge is -2.15. The Balaban J connectivity index is 2.14. The second-order valence-electron chi connectivity index (χ2n) is 4.94. The van der Waals surface area contributed by atoms with Gasteiger partial charge in [-0.25, -0.2) is 18.6 Å². The van der Waals surface area contributed by atoms with Crippen molar-refractivity contribution in [3.8, 4) is 0 Å². The van der Waals surface area contributed by atoms with Crippen LogP contribution in [0.4, 0.5) is 4.79 Å². The Bertz CT molecular complexity index is 662. The minimum absolute atomic E-state index is 0.270. The lowest BCUT2D eigenvalue weighted by Crippen LogP contribution is -2.27. The fourth-order valence-electron chi connectivity index (χ4n) is 2.19. The number of amides is 1. The van der Waals surface area contributed by atoms with E-state index < -0.39 is 16.1 Å². The third kappa shape index (κ3) is 3.63. The van der Waals surface area contributed by atoms with Gasteiger partial charge in [-0.3, -0.25) is 0 Å². The fraction of sp³-hybridized carbons (Fsp3) is 0.429. The van der Waals surface area contributed by atoms with Crippen LogP contribution in [-0.2, 0) is 14.8 Å². The van der Waals surface area contributed by atoms with Crippen LogP contribution in [0.2, 0.25) is 0 Å². The minimum Gasteiger partial charge on any atom is -0.452 e. The molecule has 1 aromatic carbocycles. The molecule has 1 amide bonds. The van der Waals surface area contributed by atoms with E-state index in [1.165, 1.54) is 11.4 Å². The van der Waals surface area contributed by atoms with Crippen LogP contribution in [0.5, 0.6) is 0 Å². The van der Waals surface area contributed by atoms with Crippen molar-refractivity contribution in [2.45, 2.75) is 24.7 Å². The van der Waals surface area contributed by atoms with Gasteiger partial charge in [0, 0.05) is 13.1 Å². The summed E-state index contributed by atoms with van der Waals surface area (Å²) in [5.74, 6) is 0. The number of rotatable bonds is 4. The van der Waals surface area contributed by atoms with Crippen molar-refractivity contribution in [3.05, 3.63) is 29.8 Å². The highest BCUT2D eigenvalue weighted by Crippen LogP contribution is 2.21. The van der Waals surface area contributed by atoms with Gasteiger partial charge in [-0.05, 0) is 37.5 Å². The predicted octanol–water partition coefficient (Wildman–Crippen LogP) is 1.55. The molecule has 0 unspecified atom stereocenters. The summed E-state index contributed by atoms with van der Waals surface area (Å²) in [5.41, 5.74) is 3.49. The Kier molecular flexibility index (Phi) is 5.15.